The number of carbonyl (C=O) groups excluding carboxylic acids is 1. The standard InChI is InChI=1S/C14H13ClN2O3S/c1-9-3-2-4-12(13(9)15)14(18)17-10-5-7-11(8-6-10)21(16,19)20/h2-8H,1H3,(H,17,18)(H2,16,19,20). The molecule has 0 aliphatic heterocycles. The number of hydrogen-bond acceptors (Lipinski definition) is 3. The third kappa shape index (κ3) is 3.60. The summed E-state index contributed by atoms with van der Waals surface area (Å²) in [5.41, 5.74) is 1.60. The Morgan fingerprint density at radius 3 is 2.33 bits per heavy atom. The third-order valence-corrected chi connectivity index (χ3v) is 4.31. The van der Waals surface area contributed by atoms with Crippen LogP contribution in [0.15, 0.2) is 47.4 Å². The number of halogens is 1. The lowest BCUT2D eigenvalue weighted by Gasteiger charge is -2.08. The van der Waals surface area contributed by atoms with Crippen molar-refractivity contribution in [1.29, 1.82) is 0 Å². The second-order valence-electron chi connectivity index (χ2n) is 4.46. The molecular weight excluding hydrogens is 312 g/mol. The van der Waals surface area contributed by atoms with Gasteiger partial charge in [0, 0.05) is 5.69 Å². The van der Waals surface area contributed by atoms with Gasteiger partial charge in [0.1, 0.15) is 0 Å². The Bertz CT molecular complexity index is 786. The van der Waals surface area contributed by atoms with Crippen LogP contribution in [0.4, 0.5) is 5.69 Å². The molecule has 2 rings (SSSR count). The van der Waals surface area contributed by atoms with Gasteiger partial charge in [-0.25, -0.2) is 13.6 Å². The second kappa shape index (κ2) is 5.85. The fourth-order valence-corrected chi connectivity index (χ4v) is 2.48. The Balaban J connectivity index is 2.22. The van der Waals surface area contributed by atoms with Crippen LogP contribution in [0.3, 0.4) is 0 Å². The Morgan fingerprint density at radius 1 is 1.14 bits per heavy atom. The van der Waals surface area contributed by atoms with Crippen molar-refractivity contribution in [3.8, 4) is 0 Å². The van der Waals surface area contributed by atoms with Gasteiger partial charge in [0.05, 0.1) is 15.5 Å². The number of aryl methyl sites for hydroxylation is 1. The van der Waals surface area contributed by atoms with Crippen molar-refractivity contribution in [1.82, 2.24) is 0 Å². The molecule has 3 N–H and O–H groups in total. The molecular formula is C14H13ClN2O3S. The molecule has 7 heteroatoms. The van der Waals surface area contributed by atoms with Crippen LogP contribution in [0, 0.1) is 6.92 Å². The molecule has 0 atom stereocenters. The molecule has 0 aliphatic carbocycles. The zero-order chi connectivity index (χ0) is 15.6. The first-order valence-corrected chi connectivity index (χ1v) is 7.91. The Hall–Kier alpha value is -1.89. The van der Waals surface area contributed by atoms with Crippen LogP contribution in [0.1, 0.15) is 15.9 Å². The van der Waals surface area contributed by atoms with Crippen LogP contribution in [0.2, 0.25) is 5.02 Å². The summed E-state index contributed by atoms with van der Waals surface area (Å²) in [4.78, 5) is 12.1. The molecule has 2 aromatic carbocycles. The summed E-state index contributed by atoms with van der Waals surface area (Å²) in [6.07, 6.45) is 0. The van der Waals surface area contributed by atoms with E-state index in [4.69, 9.17) is 16.7 Å². The fraction of sp³-hybridized carbons (Fsp3) is 0.0714. The fourth-order valence-electron chi connectivity index (χ4n) is 1.75. The molecule has 0 fully saturated rings. The van der Waals surface area contributed by atoms with Crippen LogP contribution in [-0.4, -0.2) is 14.3 Å². The predicted molar refractivity (Wildman–Crippen MR) is 82.0 cm³/mol. The molecule has 0 saturated heterocycles. The lowest BCUT2D eigenvalue weighted by molar-refractivity contribution is 0.102. The van der Waals surface area contributed by atoms with Gasteiger partial charge in [0.2, 0.25) is 10.0 Å². The molecule has 0 radical (unpaired) electrons. The number of amides is 1. The van der Waals surface area contributed by atoms with Gasteiger partial charge >= 0.3 is 0 Å². The molecule has 0 heterocycles. The lowest BCUT2D eigenvalue weighted by Crippen LogP contribution is -2.14. The summed E-state index contributed by atoms with van der Waals surface area (Å²) in [5, 5.41) is 8.03. The smallest absolute Gasteiger partial charge is 0.257 e. The lowest BCUT2D eigenvalue weighted by atomic mass is 10.1. The second-order valence-corrected chi connectivity index (χ2v) is 6.40. The normalized spacial score (nSPS) is 11.2. The molecule has 21 heavy (non-hydrogen) atoms. The van der Waals surface area contributed by atoms with Crippen LogP contribution >= 0.6 is 11.6 Å². The minimum Gasteiger partial charge on any atom is -0.322 e. The van der Waals surface area contributed by atoms with E-state index < -0.39 is 10.0 Å². The predicted octanol–water partition coefficient (Wildman–Crippen LogP) is 2.55. The van der Waals surface area contributed by atoms with Crippen molar-refractivity contribution in [2.75, 3.05) is 5.32 Å². The molecule has 0 saturated carbocycles. The van der Waals surface area contributed by atoms with Crippen LogP contribution in [0.5, 0.6) is 0 Å². The van der Waals surface area contributed by atoms with Crippen molar-refractivity contribution in [3.63, 3.8) is 0 Å². The first-order chi connectivity index (χ1) is 9.79. The van der Waals surface area contributed by atoms with Crippen molar-refractivity contribution in [3.05, 3.63) is 58.6 Å². The van der Waals surface area contributed by atoms with E-state index in [1.165, 1.54) is 24.3 Å². The highest BCUT2D eigenvalue weighted by molar-refractivity contribution is 7.89. The van der Waals surface area contributed by atoms with Crippen molar-refractivity contribution in [2.45, 2.75) is 11.8 Å². The maximum atomic E-state index is 12.1. The van der Waals surface area contributed by atoms with E-state index in [2.05, 4.69) is 5.32 Å². The van der Waals surface area contributed by atoms with E-state index in [-0.39, 0.29) is 10.8 Å². The number of rotatable bonds is 3. The molecule has 0 aromatic heterocycles. The van der Waals surface area contributed by atoms with Gasteiger partial charge in [0.15, 0.2) is 0 Å². The first-order valence-electron chi connectivity index (χ1n) is 5.98. The van der Waals surface area contributed by atoms with Crippen LogP contribution < -0.4 is 10.5 Å². The summed E-state index contributed by atoms with van der Waals surface area (Å²) in [6, 6.07) is 10.7. The largest absolute Gasteiger partial charge is 0.322 e. The first kappa shape index (κ1) is 15.5. The van der Waals surface area contributed by atoms with Gasteiger partial charge in [-0.2, -0.15) is 0 Å². The quantitative estimate of drug-likeness (QED) is 0.909. The summed E-state index contributed by atoms with van der Waals surface area (Å²) in [6.45, 7) is 1.81. The SMILES string of the molecule is Cc1cccc(C(=O)Nc2ccc(S(N)(=O)=O)cc2)c1Cl. The highest BCUT2D eigenvalue weighted by Gasteiger charge is 2.12. The molecule has 110 valence electrons. The molecule has 0 spiro atoms. The van der Waals surface area contributed by atoms with E-state index >= 15 is 0 Å². The number of hydrogen-bond donors (Lipinski definition) is 2. The van der Waals surface area contributed by atoms with Crippen molar-refractivity contribution in [2.24, 2.45) is 5.14 Å². The number of nitrogens with one attached hydrogen (secondary N) is 1. The van der Waals surface area contributed by atoms with E-state index in [1.807, 2.05) is 0 Å². The zero-order valence-corrected chi connectivity index (χ0v) is 12.7. The maximum absolute atomic E-state index is 12.1. The monoisotopic (exact) mass is 324 g/mol. The number of anilines is 1. The number of nitrogens with two attached hydrogens (primary N) is 1. The van der Waals surface area contributed by atoms with Gasteiger partial charge in [0.25, 0.3) is 5.91 Å². The molecule has 0 aliphatic rings. The Kier molecular flexibility index (Phi) is 4.32. The number of benzene rings is 2. The topological polar surface area (TPSA) is 89.3 Å². The molecule has 1 amide bonds. The van der Waals surface area contributed by atoms with Gasteiger partial charge in [-0.1, -0.05) is 23.7 Å². The average Bonchev–Trinajstić information content (AvgIpc) is 2.41. The average molecular weight is 325 g/mol. The van der Waals surface area contributed by atoms with E-state index in [0.29, 0.717) is 16.3 Å². The molecule has 0 unspecified atom stereocenters. The van der Waals surface area contributed by atoms with Crippen LogP contribution in [-0.2, 0) is 10.0 Å². The van der Waals surface area contributed by atoms with Gasteiger partial charge in [-0.3, -0.25) is 4.79 Å². The minimum absolute atomic E-state index is 0.0194. The number of sulfonamides is 1. The van der Waals surface area contributed by atoms with Crippen molar-refractivity contribution >= 4 is 33.2 Å². The highest BCUT2D eigenvalue weighted by atomic mass is 35.5. The summed E-state index contributed by atoms with van der Waals surface area (Å²) < 4.78 is 22.3. The summed E-state index contributed by atoms with van der Waals surface area (Å²) in [7, 11) is -3.75. The summed E-state index contributed by atoms with van der Waals surface area (Å²) >= 11 is 6.08. The summed E-state index contributed by atoms with van der Waals surface area (Å²) in [5.74, 6) is -0.368. The highest BCUT2D eigenvalue weighted by Crippen LogP contribution is 2.22. The van der Waals surface area contributed by atoms with Gasteiger partial charge < -0.3 is 5.32 Å². The number of primary sulfonamides is 1. The van der Waals surface area contributed by atoms with Crippen molar-refractivity contribution < 1.29 is 13.2 Å². The number of carbonyl (C=O) groups is 1. The van der Waals surface area contributed by atoms with E-state index in [0.717, 1.165) is 5.56 Å². The van der Waals surface area contributed by atoms with E-state index in [1.54, 1.807) is 25.1 Å². The minimum atomic E-state index is -3.75. The molecule has 5 nitrogen and oxygen atoms in total. The van der Waals surface area contributed by atoms with E-state index in [9.17, 15) is 13.2 Å². The zero-order valence-electron chi connectivity index (χ0n) is 11.1. The molecule has 0 bridgehead atoms. The van der Waals surface area contributed by atoms with Gasteiger partial charge in [-0.15, -0.1) is 0 Å². The Labute approximate surface area is 127 Å². The van der Waals surface area contributed by atoms with Gasteiger partial charge in [-0.05, 0) is 42.8 Å². The molecule has 2 aromatic rings. The van der Waals surface area contributed by atoms with Crippen LogP contribution in [0.25, 0.3) is 0 Å². The maximum Gasteiger partial charge on any atom is 0.257 e. The third-order valence-electron chi connectivity index (χ3n) is 2.88. The Morgan fingerprint density at radius 2 is 1.76 bits per heavy atom.